The lowest BCUT2D eigenvalue weighted by Crippen LogP contribution is -2.43. The number of carbonyl (C=O) groups excluding carboxylic acids is 1. The molecular formula is C16H19F4O4. The Morgan fingerprint density at radius 3 is 2.50 bits per heavy atom. The summed E-state index contributed by atoms with van der Waals surface area (Å²) in [5.74, 6) is -1.29. The highest BCUT2D eigenvalue weighted by Gasteiger charge is 2.49. The molecular weight excluding hydrogens is 332 g/mol. The van der Waals surface area contributed by atoms with Gasteiger partial charge in [0, 0.05) is 19.6 Å². The molecule has 1 aromatic carbocycles. The van der Waals surface area contributed by atoms with Crippen molar-refractivity contribution >= 4 is 5.97 Å². The third kappa shape index (κ3) is 6.84. The third-order valence-corrected chi connectivity index (χ3v) is 3.14. The Balaban J connectivity index is 2.69. The normalized spacial score (nSPS) is 15.6. The maximum atomic E-state index is 14.0. The van der Waals surface area contributed by atoms with Crippen LogP contribution in [0.2, 0.25) is 0 Å². The number of rotatable bonds is 9. The van der Waals surface area contributed by atoms with Gasteiger partial charge in [0.15, 0.2) is 0 Å². The zero-order valence-electron chi connectivity index (χ0n) is 13.1. The van der Waals surface area contributed by atoms with E-state index in [1.54, 1.807) is 6.92 Å². The van der Waals surface area contributed by atoms with E-state index in [-0.39, 0.29) is 18.6 Å². The minimum atomic E-state index is -5.09. The first-order valence-electron chi connectivity index (χ1n) is 7.39. The first kappa shape index (κ1) is 20.4. The van der Waals surface area contributed by atoms with Crippen LogP contribution < -0.4 is 0 Å². The molecule has 3 unspecified atom stereocenters. The van der Waals surface area contributed by atoms with Crippen molar-refractivity contribution in [1.82, 2.24) is 0 Å². The summed E-state index contributed by atoms with van der Waals surface area (Å²) in [6, 6.07) is 7.66. The Kier molecular flexibility index (Phi) is 8.14. The van der Waals surface area contributed by atoms with Crippen molar-refractivity contribution in [3.8, 4) is 0 Å². The molecule has 0 aromatic heterocycles. The predicted molar refractivity (Wildman–Crippen MR) is 77.2 cm³/mol. The maximum absolute atomic E-state index is 14.0. The van der Waals surface area contributed by atoms with Crippen LogP contribution in [0, 0.1) is 6.07 Å². The Morgan fingerprint density at radius 1 is 1.33 bits per heavy atom. The number of carbonyl (C=O) groups is 1. The summed E-state index contributed by atoms with van der Waals surface area (Å²) in [6.45, 7) is 2.19. The number of aliphatic hydroxyl groups is 1. The summed E-state index contributed by atoms with van der Waals surface area (Å²) < 4.78 is 62.2. The van der Waals surface area contributed by atoms with E-state index in [0.29, 0.717) is 6.61 Å². The molecule has 0 fully saturated rings. The van der Waals surface area contributed by atoms with Crippen molar-refractivity contribution in [3.05, 3.63) is 35.9 Å². The van der Waals surface area contributed by atoms with E-state index in [0.717, 1.165) is 0 Å². The highest BCUT2D eigenvalue weighted by Crippen LogP contribution is 2.30. The molecule has 0 aliphatic rings. The molecule has 1 rings (SSSR count). The Hall–Kier alpha value is -1.67. The summed E-state index contributed by atoms with van der Waals surface area (Å²) in [5.41, 5.74) is -0.146. The second kappa shape index (κ2) is 9.58. The first-order chi connectivity index (χ1) is 11.3. The number of esters is 1. The summed E-state index contributed by atoms with van der Waals surface area (Å²) >= 11 is 0. The van der Waals surface area contributed by atoms with Crippen LogP contribution in [0.4, 0.5) is 17.6 Å². The zero-order chi connectivity index (χ0) is 18.2. The van der Waals surface area contributed by atoms with Crippen molar-refractivity contribution in [2.24, 2.45) is 0 Å². The van der Waals surface area contributed by atoms with Crippen LogP contribution in [0.3, 0.4) is 0 Å². The topological polar surface area (TPSA) is 55.8 Å². The van der Waals surface area contributed by atoms with Crippen LogP contribution in [-0.2, 0) is 9.47 Å². The minimum Gasteiger partial charge on any atom is -0.446 e. The quantitative estimate of drug-likeness (QED) is 0.422. The van der Waals surface area contributed by atoms with Gasteiger partial charge in [-0.3, -0.25) is 0 Å². The van der Waals surface area contributed by atoms with Gasteiger partial charge in [-0.2, -0.15) is 13.2 Å². The fourth-order valence-electron chi connectivity index (χ4n) is 1.92. The molecule has 135 valence electrons. The molecule has 1 radical (unpaired) electrons. The number of halogens is 4. The van der Waals surface area contributed by atoms with Gasteiger partial charge >= 0.3 is 12.1 Å². The summed E-state index contributed by atoms with van der Waals surface area (Å²) in [4.78, 5) is 11.7. The van der Waals surface area contributed by atoms with E-state index >= 15 is 0 Å². The van der Waals surface area contributed by atoms with Gasteiger partial charge < -0.3 is 14.6 Å². The Morgan fingerprint density at radius 2 is 1.96 bits per heavy atom. The lowest BCUT2D eigenvalue weighted by atomic mass is 10.1. The monoisotopic (exact) mass is 351 g/mol. The van der Waals surface area contributed by atoms with Gasteiger partial charge in [0.25, 0.3) is 0 Å². The fourth-order valence-corrected chi connectivity index (χ4v) is 1.92. The molecule has 0 spiro atoms. The number of alkyl halides is 4. The summed E-state index contributed by atoms with van der Waals surface area (Å²) in [6.07, 6.45) is -12.8. The lowest BCUT2D eigenvalue weighted by molar-refractivity contribution is -0.223. The SMILES string of the molecule is CCOCCC(O)CC(F)C(OC(=O)c1cc[c]cc1)C(F)(F)F. The van der Waals surface area contributed by atoms with Gasteiger partial charge in [-0.25, -0.2) is 9.18 Å². The van der Waals surface area contributed by atoms with Crippen LogP contribution >= 0.6 is 0 Å². The Bertz CT molecular complexity index is 493. The number of aliphatic hydroxyl groups excluding tert-OH is 1. The number of benzene rings is 1. The molecule has 4 nitrogen and oxygen atoms in total. The third-order valence-electron chi connectivity index (χ3n) is 3.14. The van der Waals surface area contributed by atoms with Crippen molar-refractivity contribution in [2.75, 3.05) is 13.2 Å². The minimum absolute atomic E-state index is 0.0126. The van der Waals surface area contributed by atoms with Gasteiger partial charge in [-0.15, -0.1) is 0 Å². The number of ether oxygens (including phenoxy) is 2. The fraction of sp³-hybridized carbons (Fsp3) is 0.562. The van der Waals surface area contributed by atoms with Crippen molar-refractivity contribution in [2.45, 2.75) is 44.3 Å². The molecule has 1 N–H and O–H groups in total. The molecule has 8 heteroatoms. The smallest absolute Gasteiger partial charge is 0.428 e. The molecule has 0 aliphatic heterocycles. The van der Waals surface area contributed by atoms with E-state index in [2.05, 4.69) is 10.8 Å². The van der Waals surface area contributed by atoms with E-state index in [4.69, 9.17) is 4.74 Å². The van der Waals surface area contributed by atoms with E-state index in [1.807, 2.05) is 0 Å². The Labute approximate surface area is 137 Å². The molecule has 0 amide bonds. The average molecular weight is 351 g/mol. The molecule has 0 saturated heterocycles. The zero-order valence-corrected chi connectivity index (χ0v) is 13.1. The highest BCUT2D eigenvalue weighted by atomic mass is 19.4. The highest BCUT2D eigenvalue weighted by molar-refractivity contribution is 5.89. The standard InChI is InChI=1S/C16H19F4O4/c1-2-23-9-8-12(21)10-13(17)14(16(18,19)20)24-15(22)11-6-4-3-5-7-11/h4-7,12-14,21H,2,8-10H2,1H3. The van der Waals surface area contributed by atoms with E-state index in [1.165, 1.54) is 24.3 Å². The molecule has 0 saturated carbocycles. The number of hydrogen-bond donors (Lipinski definition) is 1. The van der Waals surface area contributed by atoms with Crippen LogP contribution in [0.1, 0.15) is 30.1 Å². The van der Waals surface area contributed by atoms with E-state index < -0.39 is 36.9 Å². The van der Waals surface area contributed by atoms with Crippen LogP contribution in [0.25, 0.3) is 0 Å². The largest absolute Gasteiger partial charge is 0.446 e. The van der Waals surface area contributed by atoms with Gasteiger partial charge in [0.1, 0.15) is 6.17 Å². The molecule has 0 aliphatic carbocycles. The van der Waals surface area contributed by atoms with Gasteiger partial charge in [0.2, 0.25) is 6.10 Å². The predicted octanol–water partition coefficient (Wildman–Crippen LogP) is 3.09. The molecule has 0 heterocycles. The average Bonchev–Trinajstić information content (AvgIpc) is 2.52. The van der Waals surface area contributed by atoms with Crippen LogP contribution in [0.5, 0.6) is 0 Å². The van der Waals surface area contributed by atoms with Crippen LogP contribution in [0.15, 0.2) is 24.3 Å². The summed E-state index contributed by atoms with van der Waals surface area (Å²) in [7, 11) is 0. The molecule has 0 bridgehead atoms. The lowest BCUT2D eigenvalue weighted by Gasteiger charge is -2.25. The molecule has 1 aromatic rings. The van der Waals surface area contributed by atoms with E-state index in [9.17, 15) is 27.5 Å². The van der Waals surface area contributed by atoms with Crippen molar-refractivity contribution < 1.29 is 36.9 Å². The van der Waals surface area contributed by atoms with Gasteiger partial charge in [-0.05, 0) is 31.5 Å². The van der Waals surface area contributed by atoms with Gasteiger partial charge in [-0.1, -0.05) is 12.1 Å². The van der Waals surface area contributed by atoms with Crippen molar-refractivity contribution in [3.63, 3.8) is 0 Å². The molecule has 24 heavy (non-hydrogen) atoms. The van der Waals surface area contributed by atoms with Gasteiger partial charge in [0.05, 0.1) is 11.7 Å². The number of hydrogen-bond acceptors (Lipinski definition) is 4. The maximum Gasteiger partial charge on any atom is 0.428 e. The first-order valence-corrected chi connectivity index (χ1v) is 7.39. The van der Waals surface area contributed by atoms with Crippen LogP contribution in [-0.4, -0.2) is 48.8 Å². The second-order valence-corrected chi connectivity index (χ2v) is 5.05. The van der Waals surface area contributed by atoms with Crippen molar-refractivity contribution in [1.29, 1.82) is 0 Å². The summed E-state index contributed by atoms with van der Waals surface area (Å²) in [5, 5.41) is 9.58. The second-order valence-electron chi connectivity index (χ2n) is 5.05. The molecule has 3 atom stereocenters.